The van der Waals surface area contributed by atoms with Crippen LogP contribution in [0.15, 0.2) is 59.8 Å². The lowest BCUT2D eigenvalue weighted by molar-refractivity contribution is -0.120. The van der Waals surface area contributed by atoms with E-state index in [0.29, 0.717) is 11.2 Å². The molecule has 4 rings (SSSR count). The number of nitrogens with one attached hydrogen (secondary N) is 1. The van der Waals surface area contributed by atoms with Gasteiger partial charge in [0.2, 0.25) is 5.91 Å². The fraction of sp³-hybridized carbons (Fsp3) is 0.286. The minimum Gasteiger partial charge on any atom is -0.497 e. The maximum absolute atomic E-state index is 12.4. The molecule has 2 aromatic carbocycles. The van der Waals surface area contributed by atoms with Gasteiger partial charge in [0, 0.05) is 17.3 Å². The van der Waals surface area contributed by atoms with Gasteiger partial charge in [-0.05, 0) is 44.0 Å². The van der Waals surface area contributed by atoms with Crippen LogP contribution >= 0.6 is 11.8 Å². The summed E-state index contributed by atoms with van der Waals surface area (Å²) >= 11 is 1.41. The van der Waals surface area contributed by atoms with Crippen LogP contribution in [0.2, 0.25) is 0 Å². The standard InChI is InChI=1S/C21H22N4O2S/c1-14(20(26)22-16-8-9-16)28-21-24-23-19(15-6-4-3-5-7-15)25(21)17-10-12-18(27-2)13-11-17/h3-7,10-14,16H,8-9H2,1-2H3,(H,22,26). The van der Waals surface area contributed by atoms with E-state index in [2.05, 4.69) is 15.5 Å². The number of benzene rings is 2. The van der Waals surface area contributed by atoms with Crippen LogP contribution in [-0.2, 0) is 4.79 Å². The molecule has 1 unspecified atom stereocenters. The maximum Gasteiger partial charge on any atom is 0.233 e. The third-order valence-electron chi connectivity index (χ3n) is 4.57. The number of carbonyl (C=O) groups excluding carboxylic acids is 1. The van der Waals surface area contributed by atoms with Crippen molar-refractivity contribution in [1.82, 2.24) is 20.1 Å². The highest BCUT2D eigenvalue weighted by molar-refractivity contribution is 8.00. The Hall–Kier alpha value is -2.80. The van der Waals surface area contributed by atoms with Gasteiger partial charge in [0.25, 0.3) is 0 Å². The summed E-state index contributed by atoms with van der Waals surface area (Å²) in [6.45, 7) is 1.90. The minimum absolute atomic E-state index is 0.0399. The second-order valence-corrected chi connectivity index (χ2v) is 8.06. The molecule has 1 fully saturated rings. The molecular formula is C21H22N4O2S. The highest BCUT2D eigenvalue weighted by atomic mass is 32.2. The van der Waals surface area contributed by atoms with E-state index in [1.165, 1.54) is 11.8 Å². The van der Waals surface area contributed by atoms with E-state index < -0.39 is 0 Å². The number of ether oxygens (including phenoxy) is 1. The topological polar surface area (TPSA) is 69.0 Å². The summed E-state index contributed by atoms with van der Waals surface area (Å²) < 4.78 is 7.26. The molecule has 1 saturated carbocycles. The average molecular weight is 395 g/mol. The van der Waals surface area contributed by atoms with Crippen LogP contribution in [0.1, 0.15) is 19.8 Å². The van der Waals surface area contributed by atoms with Gasteiger partial charge < -0.3 is 10.1 Å². The molecule has 1 amide bonds. The zero-order chi connectivity index (χ0) is 19.5. The number of amides is 1. The number of hydrogen-bond acceptors (Lipinski definition) is 5. The average Bonchev–Trinajstić information content (AvgIpc) is 3.45. The first kappa shape index (κ1) is 18.6. The van der Waals surface area contributed by atoms with Gasteiger partial charge in [-0.25, -0.2) is 0 Å². The predicted molar refractivity (Wildman–Crippen MR) is 110 cm³/mol. The summed E-state index contributed by atoms with van der Waals surface area (Å²) in [5.41, 5.74) is 1.88. The Bertz CT molecular complexity index is 952. The number of aromatic nitrogens is 3. The first-order chi connectivity index (χ1) is 13.7. The normalized spacial score (nSPS) is 14.5. The van der Waals surface area contributed by atoms with Crippen molar-refractivity contribution in [1.29, 1.82) is 0 Å². The third kappa shape index (κ3) is 4.04. The lowest BCUT2D eigenvalue weighted by Crippen LogP contribution is -2.32. The van der Waals surface area contributed by atoms with E-state index in [1.807, 2.05) is 66.1 Å². The molecule has 0 aliphatic heterocycles. The van der Waals surface area contributed by atoms with Gasteiger partial charge >= 0.3 is 0 Å². The molecule has 0 bridgehead atoms. The number of nitrogens with zero attached hydrogens (tertiary/aromatic N) is 3. The molecule has 0 saturated heterocycles. The minimum atomic E-state index is -0.259. The van der Waals surface area contributed by atoms with Crippen molar-refractivity contribution in [2.45, 2.75) is 36.2 Å². The first-order valence-electron chi connectivity index (χ1n) is 9.28. The Morgan fingerprint density at radius 1 is 1.14 bits per heavy atom. The summed E-state index contributed by atoms with van der Waals surface area (Å²) in [5, 5.41) is 12.3. The quantitative estimate of drug-likeness (QED) is 0.619. The fourth-order valence-corrected chi connectivity index (χ4v) is 3.72. The smallest absolute Gasteiger partial charge is 0.233 e. The molecule has 1 aliphatic rings. The number of thioether (sulfide) groups is 1. The number of rotatable bonds is 7. The van der Waals surface area contributed by atoms with Gasteiger partial charge in [0.15, 0.2) is 11.0 Å². The third-order valence-corrected chi connectivity index (χ3v) is 5.61. The van der Waals surface area contributed by atoms with E-state index in [-0.39, 0.29) is 11.2 Å². The molecule has 7 heteroatoms. The zero-order valence-corrected chi connectivity index (χ0v) is 16.6. The Morgan fingerprint density at radius 2 is 1.86 bits per heavy atom. The molecule has 3 aromatic rings. The Morgan fingerprint density at radius 3 is 2.50 bits per heavy atom. The van der Waals surface area contributed by atoms with Crippen LogP contribution in [-0.4, -0.2) is 39.1 Å². The van der Waals surface area contributed by atoms with E-state index in [1.54, 1.807) is 7.11 Å². The molecular weight excluding hydrogens is 372 g/mol. The van der Waals surface area contributed by atoms with Crippen molar-refractivity contribution in [2.24, 2.45) is 0 Å². The van der Waals surface area contributed by atoms with Crippen molar-refractivity contribution in [2.75, 3.05) is 7.11 Å². The second kappa shape index (κ2) is 8.06. The molecule has 144 valence electrons. The van der Waals surface area contributed by atoms with E-state index in [4.69, 9.17) is 4.74 Å². The lowest BCUT2D eigenvalue weighted by Gasteiger charge is -2.14. The lowest BCUT2D eigenvalue weighted by atomic mass is 10.2. The maximum atomic E-state index is 12.4. The highest BCUT2D eigenvalue weighted by Gasteiger charge is 2.27. The molecule has 1 aromatic heterocycles. The number of carbonyl (C=O) groups is 1. The van der Waals surface area contributed by atoms with Crippen LogP contribution in [0.5, 0.6) is 5.75 Å². The summed E-state index contributed by atoms with van der Waals surface area (Å²) in [4.78, 5) is 12.4. The fourth-order valence-electron chi connectivity index (χ4n) is 2.84. The van der Waals surface area contributed by atoms with Crippen molar-refractivity contribution in [3.8, 4) is 22.8 Å². The summed E-state index contributed by atoms with van der Waals surface area (Å²) in [7, 11) is 1.64. The molecule has 6 nitrogen and oxygen atoms in total. The molecule has 1 aliphatic carbocycles. The van der Waals surface area contributed by atoms with Gasteiger partial charge in [-0.1, -0.05) is 42.1 Å². The zero-order valence-electron chi connectivity index (χ0n) is 15.8. The molecule has 28 heavy (non-hydrogen) atoms. The van der Waals surface area contributed by atoms with Crippen molar-refractivity contribution < 1.29 is 9.53 Å². The first-order valence-corrected chi connectivity index (χ1v) is 10.2. The van der Waals surface area contributed by atoms with E-state index >= 15 is 0 Å². The van der Waals surface area contributed by atoms with Gasteiger partial charge in [0.05, 0.1) is 12.4 Å². The monoisotopic (exact) mass is 394 g/mol. The molecule has 1 N–H and O–H groups in total. The summed E-state index contributed by atoms with van der Waals surface area (Å²) in [6, 6.07) is 18.0. The van der Waals surface area contributed by atoms with Gasteiger partial charge in [0.1, 0.15) is 5.75 Å². The Labute approximate surface area is 168 Å². The van der Waals surface area contributed by atoms with Crippen LogP contribution in [0.3, 0.4) is 0 Å². The highest BCUT2D eigenvalue weighted by Crippen LogP contribution is 2.31. The van der Waals surface area contributed by atoms with Crippen LogP contribution in [0, 0.1) is 0 Å². The number of methoxy groups -OCH3 is 1. The SMILES string of the molecule is COc1ccc(-n2c(SC(C)C(=O)NC3CC3)nnc2-c2ccccc2)cc1. The Kier molecular flexibility index (Phi) is 5.34. The molecule has 0 radical (unpaired) electrons. The van der Waals surface area contributed by atoms with E-state index in [9.17, 15) is 4.79 Å². The molecule has 0 spiro atoms. The van der Waals surface area contributed by atoms with Crippen LogP contribution < -0.4 is 10.1 Å². The summed E-state index contributed by atoms with van der Waals surface area (Å²) in [5.74, 6) is 1.56. The van der Waals surface area contributed by atoms with Gasteiger partial charge in [-0.15, -0.1) is 10.2 Å². The van der Waals surface area contributed by atoms with E-state index in [0.717, 1.165) is 35.7 Å². The summed E-state index contributed by atoms with van der Waals surface area (Å²) in [6.07, 6.45) is 2.15. The Balaban J connectivity index is 1.69. The predicted octanol–water partition coefficient (Wildman–Crippen LogP) is 3.70. The molecule has 1 atom stereocenters. The largest absolute Gasteiger partial charge is 0.497 e. The van der Waals surface area contributed by atoms with Crippen LogP contribution in [0.4, 0.5) is 0 Å². The number of hydrogen-bond donors (Lipinski definition) is 1. The van der Waals surface area contributed by atoms with Crippen molar-refractivity contribution in [3.05, 3.63) is 54.6 Å². The molecule has 1 heterocycles. The van der Waals surface area contributed by atoms with Gasteiger partial charge in [-0.3, -0.25) is 9.36 Å². The van der Waals surface area contributed by atoms with Crippen molar-refractivity contribution >= 4 is 17.7 Å². The van der Waals surface area contributed by atoms with Gasteiger partial charge in [-0.2, -0.15) is 0 Å². The van der Waals surface area contributed by atoms with Crippen LogP contribution in [0.25, 0.3) is 17.1 Å². The van der Waals surface area contributed by atoms with Crippen molar-refractivity contribution in [3.63, 3.8) is 0 Å². The second-order valence-electron chi connectivity index (χ2n) is 6.75.